The van der Waals surface area contributed by atoms with Gasteiger partial charge >= 0.3 is 5.97 Å². The maximum atomic E-state index is 11.4. The van der Waals surface area contributed by atoms with Crippen molar-refractivity contribution in [3.63, 3.8) is 0 Å². The average Bonchev–Trinajstić information content (AvgIpc) is 2.68. The Bertz CT molecular complexity index is 381. The number of hydrogen-bond donors (Lipinski definition) is 0. The summed E-state index contributed by atoms with van der Waals surface area (Å²) in [5.41, 5.74) is 0. The van der Waals surface area contributed by atoms with Crippen LogP contribution >= 0.6 is 22.9 Å². The molecule has 0 aliphatic heterocycles. The number of anilines is 1. The Morgan fingerprint density at radius 1 is 1.69 bits per heavy atom. The summed E-state index contributed by atoms with van der Waals surface area (Å²) in [6.45, 7) is 4.19. The van der Waals surface area contributed by atoms with Gasteiger partial charge in [0.05, 0.1) is 7.11 Å². The van der Waals surface area contributed by atoms with Crippen LogP contribution in [0.3, 0.4) is 0 Å². The molecular weight excluding hydrogens is 248 g/mol. The molecule has 1 unspecified atom stereocenters. The number of carbonyl (C=O) groups is 1. The number of aromatic nitrogens is 1. The molecule has 0 saturated heterocycles. The molecule has 4 nitrogen and oxygen atoms in total. The fourth-order valence-corrected chi connectivity index (χ4v) is 2.39. The number of nitrogens with zero attached hydrogens (tertiary/aromatic N) is 2. The summed E-state index contributed by atoms with van der Waals surface area (Å²) in [6.07, 6.45) is 1.00. The Kier molecular flexibility index (Phi) is 4.56. The maximum absolute atomic E-state index is 11.4. The second kappa shape index (κ2) is 5.50. The van der Waals surface area contributed by atoms with Crippen molar-refractivity contribution < 1.29 is 9.53 Å². The van der Waals surface area contributed by atoms with Crippen molar-refractivity contribution in [2.45, 2.75) is 26.3 Å². The third kappa shape index (κ3) is 2.65. The molecule has 0 N–H and O–H groups in total. The molecule has 0 spiro atoms. The van der Waals surface area contributed by atoms with Gasteiger partial charge in [0.25, 0.3) is 0 Å². The van der Waals surface area contributed by atoms with Gasteiger partial charge in [0.1, 0.15) is 0 Å². The number of methoxy groups -OCH3 is 1. The van der Waals surface area contributed by atoms with E-state index in [0.717, 1.165) is 11.6 Å². The number of thiazole rings is 1. The highest BCUT2D eigenvalue weighted by molar-refractivity contribution is 7.18. The van der Waals surface area contributed by atoms with Gasteiger partial charge in [-0.2, -0.15) is 0 Å². The molecule has 16 heavy (non-hydrogen) atoms. The lowest BCUT2D eigenvalue weighted by atomic mass is 10.2. The van der Waals surface area contributed by atoms with Gasteiger partial charge in [0.15, 0.2) is 15.2 Å². The van der Waals surface area contributed by atoms with E-state index < -0.39 is 5.97 Å². The smallest absolute Gasteiger partial charge is 0.351 e. The van der Waals surface area contributed by atoms with Crippen molar-refractivity contribution in [1.82, 2.24) is 4.98 Å². The first-order valence-electron chi connectivity index (χ1n) is 4.98. The van der Waals surface area contributed by atoms with Crippen molar-refractivity contribution in [2.75, 3.05) is 19.1 Å². The topological polar surface area (TPSA) is 42.4 Å². The summed E-state index contributed by atoms with van der Waals surface area (Å²) in [5.74, 6) is -0.439. The van der Waals surface area contributed by atoms with Crippen molar-refractivity contribution in [2.24, 2.45) is 0 Å². The SMILES string of the molecule is CCC(C)N(C)c1nc(Cl)c(C(=O)OC)s1. The second-order valence-corrected chi connectivity index (χ2v) is 4.81. The molecule has 1 aromatic heterocycles. The summed E-state index contributed by atoms with van der Waals surface area (Å²) < 4.78 is 4.63. The molecule has 0 radical (unpaired) electrons. The van der Waals surface area contributed by atoms with E-state index in [4.69, 9.17) is 11.6 Å². The minimum Gasteiger partial charge on any atom is -0.465 e. The molecular formula is C10H15ClN2O2S. The Balaban J connectivity index is 2.96. The fraction of sp³-hybridized carbons (Fsp3) is 0.600. The van der Waals surface area contributed by atoms with Crippen LogP contribution in [0.15, 0.2) is 0 Å². The first-order valence-corrected chi connectivity index (χ1v) is 6.18. The molecule has 1 atom stereocenters. The van der Waals surface area contributed by atoms with E-state index in [9.17, 15) is 4.79 Å². The molecule has 0 aromatic carbocycles. The van der Waals surface area contributed by atoms with Crippen LogP contribution in [0.4, 0.5) is 5.13 Å². The maximum Gasteiger partial charge on any atom is 0.351 e. The quantitative estimate of drug-likeness (QED) is 0.783. The average molecular weight is 263 g/mol. The number of ether oxygens (including phenoxy) is 1. The van der Waals surface area contributed by atoms with Crippen LogP contribution in [0.2, 0.25) is 5.15 Å². The van der Waals surface area contributed by atoms with Gasteiger partial charge < -0.3 is 9.64 Å². The van der Waals surface area contributed by atoms with E-state index in [1.165, 1.54) is 18.4 Å². The lowest BCUT2D eigenvalue weighted by Crippen LogP contribution is -2.27. The van der Waals surface area contributed by atoms with Gasteiger partial charge in [-0.05, 0) is 13.3 Å². The van der Waals surface area contributed by atoms with Crippen LogP contribution in [0.1, 0.15) is 29.9 Å². The summed E-state index contributed by atoms with van der Waals surface area (Å²) >= 11 is 7.13. The zero-order valence-electron chi connectivity index (χ0n) is 9.78. The third-order valence-electron chi connectivity index (χ3n) is 2.50. The molecule has 90 valence electrons. The van der Waals surface area contributed by atoms with Crippen LogP contribution in [-0.2, 0) is 4.74 Å². The van der Waals surface area contributed by atoms with Gasteiger partial charge in [-0.25, -0.2) is 9.78 Å². The number of halogens is 1. The number of carbonyl (C=O) groups excluding carboxylic acids is 1. The lowest BCUT2D eigenvalue weighted by Gasteiger charge is -2.22. The first-order chi connectivity index (χ1) is 7.51. The third-order valence-corrected chi connectivity index (χ3v) is 4.01. The monoisotopic (exact) mass is 262 g/mol. The van der Waals surface area contributed by atoms with Crippen molar-refractivity contribution >= 4 is 34.0 Å². The summed E-state index contributed by atoms with van der Waals surface area (Å²) in [4.78, 5) is 17.9. The second-order valence-electron chi connectivity index (χ2n) is 3.48. The summed E-state index contributed by atoms with van der Waals surface area (Å²) in [7, 11) is 3.26. The summed E-state index contributed by atoms with van der Waals surface area (Å²) in [6, 6.07) is 0.354. The Morgan fingerprint density at radius 2 is 2.31 bits per heavy atom. The Hall–Kier alpha value is -0.810. The molecule has 0 amide bonds. The van der Waals surface area contributed by atoms with Gasteiger partial charge in [0, 0.05) is 13.1 Å². The van der Waals surface area contributed by atoms with Crippen LogP contribution in [0.5, 0.6) is 0 Å². The van der Waals surface area contributed by atoms with Gasteiger partial charge in [-0.1, -0.05) is 29.9 Å². The Morgan fingerprint density at radius 3 is 2.81 bits per heavy atom. The van der Waals surface area contributed by atoms with Gasteiger partial charge in [0.2, 0.25) is 0 Å². The number of hydrogen-bond acceptors (Lipinski definition) is 5. The molecule has 1 aromatic rings. The van der Waals surface area contributed by atoms with Crippen molar-refractivity contribution in [3.8, 4) is 0 Å². The highest BCUT2D eigenvalue weighted by Gasteiger charge is 2.20. The van der Waals surface area contributed by atoms with E-state index in [1.807, 2.05) is 11.9 Å². The molecule has 0 fully saturated rings. The van der Waals surface area contributed by atoms with Gasteiger partial charge in [-0.3, -0.25) is 0 Å². The van der Waals surface area contributed by atoms with Crippen LogP contribution in [0, 0.1) is 0 Å². The van der Waals surface area contributed by atoms with E-state index in [-0.39, 0.29) is 5.15 Å². The normalized spacial score (nSPS) is 12.3. The molecule has 0 aliphatic rings. The van der Waals surface area contributed by atoms with Crippen molar-refractivity contribution in [3.05, 3.63) is 10.0 Å². The minimum absolute atomic E-state index is 0.210. The van der Waals surface area contributed by atoms with Crippen LogP contribution in [0.25, 0.3) is 0 Å². The highest BCUT2D eigenvalue weighted by Crippen LogP contribution is 2.30. The zero-order chi connectivity index (χ0) is 12.3. The highest BCUT2D eigenvalue weighted by atomic mass is 35.5. The van der Waals surface area contributed by atoms with Crippen molar-refractivity contribution in [1.29, 1.82) is 0 Å². The van der Waals surface area contributed by atoms with Gasteiger partial charge in [-0.15, -0.1) is 0 Å². The zero-order valence-corrected chi connectivity index (χ0v) is 11.4. The lowest BCUT2D eigenvalue weighted by molar-refractivity contribution is 0.0606. The number of rotatable bonds is 4. The predicted molar refractivity (Wildman–Crippen MR) is 66.6 cm³/mol. The predicted octanol–water partition coefficient (Wildman–Crippen LogP) is 2.82. The molecule has 6 heteroatoms. The molecule has 0 aliphatic carbocycles. The van der Waals surface area contributed by atoms with E-state index in [2.05, 4.69) is 23.6 Å². The minimum atomic E-state index is -0.439. The first kappa shape index (κ1) is 13.3. The van der Waals surface area contributed by atoms with Crippen LogP contribution in [-0.4, -0.2) is 31.2 Å². The molecule has 0 bridgehead atoms. The largest absolute Gasteiger partial charge is 0.465 e. The number of esters is 1. The van der Waals surface area contributed by atoms with Crippen LogP contribution < -0.4 is 4.90 Å². The fourth-order valence-electron chi connectivity index (χ4n) is 1.12. The Labute approximate surface area is 104 Å². The molecule has 0 saturated carbocycles. The molecule has 1 rings (SSSR count). The van der Waals surface area contributed by atoms with E-state index in [1.54, 1.807) is 0 Å². The van der Waals surface area contributed by atoms with E-state index >= 15 is 0 Å². The van der Waals surface area contributed by atoms with E-state index in [0.29, 0.717) is 10.9 Å². The molecule has 1 heterocycles. The summed E-state index contributed by atoms with van der Waals surface area (Å²) in [5, 5.41) is 0.946. The standard InChI is InChI=1S/C10H15ClN2O2S/c1-5-6(2)13(3)10-12-8(11)7(16-10)9(14)15-4/h6H,5H2,1-4H3.